The van der Waals surface area contributed by atoms with Gasteiger partial charge in [-0.2, -0.15) is 15.2 Å². The summed E-state index contributed by atoms with van der Waals surface area (Å²) in [5.74, 6) is -0.903. The van der Waals surface area contributed by atoms with Crippen molar-refractivity contribution >= 4 is 45.9 Å². The first-order valence-electron chi connectivity index (χ1n) is 17.2. The van der Waals surface area contributed by atoms with Crippen LogP contribution in [0.15, 0.2) is 60.6 Å². The van der Waals surface area contributed by atoms with Crippen LogP contribution in [-0.4, -0.2) is 89.1 Å². The predicted molar refractivity (Wildman–Crippen MR) is 193 cm³/mol. The van der Waals surface area contributed by atoms with Gasteiger partial charge in [-0.25, -0.2) is 4.39 Å². The molecular weight excluding hydrogens is 655 g/mol. The monoisotopic (exact) mass is 694 g/mol. The van der Waals surface area contributed by atoms with E-state index in [0.29, 0.717) is 55.4 Å². The second-order valence-corrected chi connectivity index (χ2v) is 13.7. The Morgan fingerprint density at radius 2 is 1.92 bits per heavy atom. The Morgan fingerprint density at radius 3 is 2.68 bits per heavy atom. The van der Waals surface area contributed by atoms with E-state index in [0.717, 1.165) is 71.1 Å². The zero-order chi connectivity index (χ0) is 34.8. The molecule has 0 radical (unpaired) electrons. The van der Waals surface area contributed by atoms with E-state index in [4.69, 9.17) is 26.3 Å². The van der Waals surface area contributed by atoms with Crippen molar-refractivity contribution < 1.29 is 13.9 Å². The number of anilines is 2. The van der Waals surface area contributed by atoms with Crippen molar-refractivity contribution in [1.29, 1.82) is 5.26 Å². The van der Waals surface area contributed by atoms with Gasteiger partial charge in [0.1, 0.15) is 12.4 Å². The number of aromatic nitrogens is 3. The Labute approximate surface area is 296 Å². The van der Waals surface area contributed by atoms with Crippen LogP contribution in [0.5, 0.6) is 6.01 Å². The van der Waals surface area contributed by atoms with E-state index < -0.39 is 17.8 Å². The Morgan fingerprint density at radius 1 is 1.08 bits per heavy atom. The zero-order valence-corrected chi connectivity index (χ0v) is 29.1. The first-order valence-corrected chi connectivity index (χ1v) is 17.5. The van der Waals surface area contributed by atoms with Gasteiger partial charge in [-0.1, -0.05) is 41.9 Å². The number of piperazine rings is 1. The first kappa shape index (κ1) is 33.7. The van der Waals surface area contributed by atoms with E-state index >= 15 is 4.39 Å². The van der Waals surface area contributed by atoms with E-state index in [-0.39, 0.29) is 13.0 Å². The molecule has 258 valence electrons. The summed E-state index contributed by atoms with van der Waals surface area (Å²) in [4.78, 5) is 35.7. The summed E-state index contributed by atoms with van der Waals surface area (Å²) >= 11 is 6.72. The number of benzene rings is 2. The fourth-order valence-corrected chi connectivity index (χ4v) is 7.59. The number of halogens is 2. The molecule has 2 atom stereocenters. The summed E-state index contributed by atoms with van der Waals surface area (Å²) in [6, 6.07) is 17.9. The molecular formula is C38H40ClFN8O2. The summed E-state index contributed by atoms with van der Waals surface area (Å²) in [7, 11) is 2.11. The van der Waals surface area contributed by atoms with Crippen LogP contribution in [-0.2, 0) is 17.8 Å². The number of hydrogen-bond donors (Lipinski definition) is 0. The summed E-state index contributed by atoms with van der Waals surface area (Å²) in [6.45, 7) is 5.65. The number of rotatable bonds is 8. The van der Waals surface area contributed by atoms with E-state index in [1.54, 1.807) is 12.3 Å². The van der Waals surface area contributed by atoms with Gasteiger partial charge in [0.15, 0.2) is 5.83 Å². The number of carbonyl (C=O) groups excluding carboxylic acids is 1. The third kappa shape index (κ3) is 6.96. The molecule has 7 rings (SSSR count). The van der Waals surface area contributed by atoms with Crippen molar-refractivity contribution in [2.45, 2.75) is 51.2 Å². The minimum atomic E-state index is -0.904. The Balaban J connectivity index is 1.18. The van der Waals surface area contributed by atoms with Crippen molar-refractivity contribution in [2.24, 2.45) is 0 Å². The average molecular weight is 695 g/mol. The van der Waals surface area contributed by atoms with Crippen LogP contribution in [0.25, 0.3) is 16.8 Å². The molecule has 3 aliphatic heterocycles. The summed E-state index contributed by atoms with van der Waals surface area (Å²) < 4.78 is 21.6. The highest BCUT2D eigenvalue weighted by Crippen LogP contribution is 2.37. The molecule has 2 aromatic carbocycles. The zero-order valence-electron chi connectivity index (χ0n) is 28.4. The normalized spacial score (nSPS) is 19.8. The number of carbonyl (C=O) groups is 1. The van der Waals surface area contributed by atoms with Gasteiger partial charge in [-0.05, 0) is 68.9 Å². The van der Waals surface area contributed by atoms with Gasteiger partial charge in [0, 0.05) is 61.1 Å². The quantitative estimate of drug-likeness (QED) is 0.207. The average Bonchev–Trinajstić information content (AvgIpc) is 3.55. The minimum absolute atomic E-state index is 0.0541. The number of ether oxygens (including phenoxy) is 1. The Bertz CT molecular complexity index is 1960. The molecule has 0 saturated carbocycles. The number of aryl methyl sites for hydroxylation is 1. The van der Waals surface area contributed by atoms with E-state index in [2.05, 4.69) is 51.0 Å². The summed E-state index contributed by atoms with van der Waals surface area (Å²) in [5.41, 5.74) is 4.24. The van der Waals surface area contributed by atoms with Crippen LogP contribution >= 0.6 is 11.6 Å². The lowest BCUT2D eigenvalue weighted by Crippen LogP contribution is -2.56. The van der Waals surface area contributed by atoms with Gasteiger partial charge in [0.2, 0.25) is 0 Å². The maximum Gasteiger partial charge on any atom is 0.318 e. The minimum Gasteiger partial charge on any atom is -0.462 e. The molecule has 1 unspecified atom stereocenters. The van der Waals surface area contributed by atoms with Gasteiger partial charge in [-0.15, -0.1) is 0 Å². The standard InChI is InChI=1S/C38H40ClFN8O2/c1-25-11-12-27(42-21-25)20-32(40)37(49)48-19-18-47(22-28(48)13-15-41)36-30-14-17-46(34-10-4-7-26-6-3-9-31(39)35(26)34)23-33(30)43-38(44-36)50-24-29-8-5-16-45(29)2/h3-4,6-7,9-12,20-21,28-29H,5,8,13-14,16-19,22-24H2,1-2H3/b32-20-/t28?,29-/m0/s1. The number of likely N-dealkylation sites (N-methyl/N-ethyl adjacent to an activating group) is 1. The van der Waals surface area contributed by atoms with Crippen LogP contribution in [0.1, 0.15) is 41.8 Å². The number of nitriles is 1. The van der Waals surface area contributed by atoms with Gasteiger partial charge in [0.25, 0.3) is 5.91 Å². The van der Waals surface area contributed by atoms with Gasteiger partial charge >= 0.3 is 6.01 Å². The molecule has 1 amide bonds. The van der Waals surface area contributed by atoms with Gasteiger partial charge in [-0.3, -0.25) is 9.78 Å². The Hall–Kier alpha value is -4.79. The summed E-state index contributed by atoms with van der Waals surface area (Å²) in [6.07, 6.45) is 5.70. The highest BCUT2D eigenvalue weighted by atomic mass is 35.5. The highest BCUT2D eigenvalue weighted by Gasteiger charge is 2.35. The molecule has 2 saturated heterocycles. The van der Waals surface area contributed by atoms with E-state index in [1.165, 1.54) is 4.90 Å². The molecule has 50 heavy (non-hydrogen) atoms. The fourth-order valence-electron chi connectivity index (χ4n) is 7.31. The topological polar surface area (TPSA) is 102 Å². The van der Waals surface area contributed by atoms with Crippen LogP contribution in [0.2, 0.25) is 5.02 Å². The number of pyridine rings is 1. The van der Waals surface area contributed by atoms with Crippen LogP contribution in [0, 0.1) is 18.3 Å². The number of hydrogen-bond acceptors (Lipinski definition) is 9. The number of amides is 1. The smallest absolute Gasteiger partial charge is 0.318 e. The maximum atomic E-state index is 15.3. The molecule has 5 heterocycles. The second kappa shape index (κ2) is 14.6. The van der Waals surface area contributed by atoms with E-state index in [9.17, 15) is 10.1 Å². The first-order chi connectivity index (χ1) is 24.3. The van der Waals surface area contributed by atoms with Crippen molar-refractivity contribution in [2.75, 3.05) is 56.2 Å². The largest absolute Gasteiger partial charge is 0.462 e. The molecule has 3 aliphatic rings. The summed E-state index contributed by atoms with van der Waals surface area (Å²) in [5, 5.41) is 12.5. The number of likely N-dealkylation sites (tertiary alicyclic amines) is 1. The molecule has 0 N–H and O–H groups in total. The molecule has 0 spiro atoms. The molecule has 2 fully saturated rings. The van der Waals surface area contributed by atoms with Crippen LogP contribution < -0.4 is 14.5 Å². The number of fused-ring (bicyclic) bond motifs is 2. The number of nitrogens with zero attached hydrogens (tertiary/aromatic N) is 8. The van der Waals surface area contributed by atoms with Crippen molar-refractivity contribution in [3.63, 3.8) is 0 Å². The van der Waals surface area contributed by atoms with Crippen LogP contribution in [0.3, 0.4) is 0 Å². The molecule has 12 heteroatoms. The molecule has 0 aliphatic carbocycles. The SMILES string of the molecule is Cc1ccc(/C=C(\F)C(=O)N2CCN(c3nc(OC[C@@H]4CCCN4C)nc4c3CCN(c3cccc5cccc(Cl)c35)C4)CC2CC#N)nc1. The predicted octanol–water partition coefficient (Wildman–Crippen LogP) is 5.96. The van der Waals surface area contributed by atoms with Crippen LogP contribution in [0.4, 0.5) is 15.9 Å². The van der Waals surface area contributed by atoms with Crippen molar-refractivity contribution in [3.8, 4) is 12.1 Å². The molecule has 2 aromatic heterocycles. The van der Waals surface area contributed by atoms with Gasteiger partial charge in [0.05, 0.1) is 41.5 Å². The van der Waals surface area contributed by atoms with Crippen molar-refractivity contribution in [1.82, 2.24) is 24.8 Å². The third-order valence-electron chi connectivity index (χ3n) is 10.1. The molecule has 4 aromatic rings. The fraction of sp³-hybridized carbons (Fsp3) is 0.395. The lowest BCUT2D eigenvalue weighted by molar-refractivity contribution is -0.131. The van der Waals surface area contributed by atoms with Crippen molar-refractivity contribution in [3.05, 3.63) is 88.1 Å². The van der Waals surface area contributed by atoms with E-state index in [1.807, 2.05) is 31.2 Å². The maximum absolute atomic E-state index is 15.3. The third-order valence-corrected chi connectivity index (χ3v) is 10.4. The molecule has 0 bridgehead atoms. The second-order valence-electron chi connectivity index (χ2n) is 13.3. The lowest BCUT2D eigenvalue weighted by atomic mass is 10.0. The molecule has 10 nitrogen and oxygen atoms in total. The Kier molecular flexibility index (Phi) is 9.83. The highest BCUT2D eigenvalue weighted by molar-refractivity contribution is 6.36. The lowest BCUT2D eigenvalue weighted by Gasteiger charge is -2.42. The van der Waals surface area contributed by atoms with Gasteiger partial charge < -0.3 is 24.3 Å².